The molecular weight excluding hydrogens is 335 g/mol. The number of piperazine rings is 1. The highest BCUT2D eigenvalue weighted by Crippen LogP contribution is 2.50. The Hall–Kier alpha value is -1.70. The van der Waals surface area contributed by atoms with Crippen LogP contribution in [-0.2, 0) is 4.74 Å². The summed E-state index contributed by atoms with van der Waals surface area (Å²) in [4.78, 5) is 4.37. The molecule has 0 aromatic heterocycles. The first kappa shape index (κ1) is 16.5. The summed E-state index contributed by atoms with van der Waals surface area (Å²) in [5, 5.41) is 10.7. The molecule has 6 nitrogen and oxygen atoms in total. The van der Waals surface area contributed by atoms with E-state index in [1.54, 1.807) is 0 Å². The molecule has 5 rings (SSSR count). The molecule has 0 aromatic rings. The smallest absolute Gasteiger partial charge is 0.209 e. The average molecular weight is 361 g/mol. The summed E-state index contributed by atoms with van der Waals surface area (Å²) in [6, 6.07) is -0.154. The van der Waals surface area contributed by atoms with Gasteiger partial charge in [0.15, 0.2) is 17.9 Å². The van der Waals surface area contributed by atoms with Gasteiger partial charge in [0.1, 0.15) is 18.5 Å². The van der Waals surface area contributed by atoms with Crippen molar-refractivity contribution in [3.63, 3.8) is 0 Å². The molecule has 3 fully saturated rings. The molecule has 2 saturated heterocycles. The number of likely N-dealkylation sites (N-methyl/N-ethyl adjacent to an activating group) is 1. The first-order valence-corrected chi connectivity index (χ1v) is 9.43. The van der Waals surface area contributed by atoms with Gasteiger partial charge in [0, 0.05) is 50.8 Å². The highest BCUT2D eigenvalue weighted by atomic mass is 19.1. The first-order chi connectivity index (χ1) is 12.5. The van der Waals surface area contributed by atoms with Crippen LogP contribution in [0, 0.1) is 0 Å². The number of ether oxygens (including phenoxy) is 1. The lowest BCUT2D eigenvalue weighted by Gasteiger charge is -2.46. The third kappa shape index (κ3) is 2.23. The summed E-state index contributed by atoms with van der Waals surface area (Å²) in [5.74, 6) is -0.283. The maximum atomic E-state index is 15.2. The second kappa shape index (κ2) is 5.65. The van der Waals surface area contributed by atoms with E-state index in [2.05, 4.69) is 21.4 Å². The minimum Gasteiger partial charge on any atom is -0.404 e. The molecule has 1 saturated carbocycles. The highest BCUT2D eigenvalue weighted by Gasteiger charge is 2.65. The molecule has 0 amide bonds. The van der Waals surface area contributed by atoms with E-state index in [4.69, 9.17) is 10.5 Å². The Labute approximate surface area is 152 Å². The quantitative estimate of drug-likeness (QED) is 0.642. The summed E-state index contributed by atoms with van der Waals surface area (Å²) in [6.07, 6.45) is 5.79. The van der Waals surface area contributed by atoms with Gasteiger partial charge in [-0.05, 0) is 13.1 Å². The van der Waals surface area contributed by atoms with Crippen molar-refractivity contribution >= 4 is 6.21 Å². The second-order valence-corrected chi connectivity index (χ2v) is 8.17. The topological polar surface area (TPSA) is 65.0 Å². The van der Waals surface area contributed by atoms with Gasteiger partial charge in [-0.15, -0.1) is 0 Å². The SMILES string of the molecule is CN1CCN(C2=C(F)C=C3C(O)C(=CN)C=[N+]4C3C2OCC42CC2)CC1. The van der Waals surface area contributed by atoms with E-state index in [1.165, 1.54) is 12.3 Å². The molecule has 3 atom stereocenters. The standard InChI is InChI=1S/C19H25FN4O2/c1-22-4-6-23(7-5-22)16-14(20)8-13-15-18(16)26-11-19(2-3-19)24(15)10-12(9-21)17(13)25/h8-10,15,17-18,21,25H,2-7,11H2,1H3/p+1. The molecule has 1 spiro atoms. The molecule has 3 aliphatic heterocycles. The third-order valence-electron chi connectivity index (χ3n) is 6.60. The van der Waals surface area contributed by atoms with E-state index in [9.17, 15) is 5.11 Å². The van der Waals surface area contributed by atoms with Gasteiger partial charge in [0.05, 0.1) is 11.3 Å². The monoisotopic (exact) mass is 361 g/mol. The Morgan fingerprint density at radius 2 is 2.08 bits per heavy atom. The number of aliphatic hydroxyl groups is 1. The van der Waals surface area contributed by atoms with Crippen LogP contribution in [-0.4, -0.2) is 89.3 Å². The van der Waals surface area contributed by atoms with Gasteiger partial charge >= 0.3 is 0 Å². The number of halogens is 1. The van der Waals surface area contributed by atoms with Gasteiger partial charge in [-0.25, -0.2) is 8.97 Å². The van der Waals surface area contributed by atoms with Crippen molar-refractivity contribution in [3.05, 3.63) is 34.9 Å². The van der Waals surface area contributed by atoms with Crippen LogP contribution in [0.25, 0.3) is 0 Å². The summed E-state index contributed by atoms with van der Waals surface area (Å²) in [5.41, 5.74) is 7.65. The maximum Gasteiger partial charge on any atom is 0.209 e. The van der Waals surface area contributed by atoms with Crippen LogP contribution in [0.2, 0.25) is 0 Å². The van der Waals surface area contributed by atoms with Crippen molar-refractivity contribution in [2.75, 3.05) is 39.8 Å². The molecule has 3 heterocycles. The molecule has 26 heavy (non-hydrogen) atoms. The Balaban J connectivity index is 1.59. The van der Waals surface area contributed by atoms with E-state index in [0.29, 0.717) is 23.5 Å². The van der Waals surface area contributed by atoms with Crippen LogP contribution in [0.1, 0.15) is 12.8 Å². The lowest BCUT2D eigenvalue weighted by atomic mass is 9.81. The van der Waals surface area contributed by atoms with Crippen molar-refractivity contribution in [1.82, 2.24) is 9.80 Å². The van der Waals surface area contributed by atoms with E-state index < -0.39 is 6.10 Å². The number of nitrogens with two attached hydrogens (primary N) is 1. The number of rotatable bonds is 1. The summed E-state index contributed by atoms with van der Waals surface area (Å²) < 4.78 is 23.7. The second-order valence-electron chi connectivity index (χ2n) is 8.17. The molecule has 7 heteroatoms. The first-order valence-electron chi connectivity index (χ1n) is 9.43. The molecule has 0 aromatic carbocycles. The zero-order valence-corrected chi connectivity index (χ0v) is 15.1. The van der Waals surface area contributed by atoms with Gasteiger partial charge in [-0.2, -0.15) is 0 Å². The number of aliphatic hydroxyl groups excluding tert-OH is 1. The predicted octanol–water partition coefficient (Wildman–Crippen LogP) is -0.0447. The molecule has 3 unspecified atom stereocenters. The number of hydrogen-bond acceptors (Lipinski definition) is 5. The zero-order chi connectivity index (χ0) is 18.1. The number of allylic oxidation sites excluding steroid dienone is 2. The minimum atomic E-state index is -0.874. The van der Waals surface area contributed by atoms with Crippen LogP contribution in [0.3, 0.4) is 0 Å². The number of hydrogen-bond donors (Lipinski definition) is 2. The van der Waals surface area contributed by atoms with Crippen LogP contribution in [0.5, 0.6) is 0 Å². The minimum absolute atomic E-state index is 0.0182. The Bertz CT molecular complexity index is 760. The van der Waals surface area contributed by atoms with E-state index >= 15 is 4.39 Å². The lowest BCUT2D eigenvalue weighted by Crippen LogP contribution is -2.62. The fourth-order valence-electron chi connectivity index (χ4n) is 4.80. The summed E-state index contributed by atoms with van der Waals surface area (Å²) in [7, 11) is 2.09. The largest absolute Gasteiger partial charge is 0.404 e. The van der Waals surface area contributed by atoms with Gasteiger partial charge in [-0.3, -0.25) is 0 Å². The van der Waals surface area contributed by atoms with Gasteiger partial charge in [0.25, 0.3) is 0 Å². The summed E-state index contributed by atoms with van der Waals surface area (Å²) in [6.45, 7) is 4.00. The molecular formula is C19H26FN4O2+. The molecule has 0 bridgehead atoms. The zero-order valence-electron chi connectivity index (χ0n) is 15.1. The fourth-order valence-corrected chi connectivity index (χ4v) is 4.80. The number of fused-ring (bicyclic) bond motifs is 1. The van der Waals surface area contributed by atoms with Crippen molar-refractivity contribution < 1.29 is 18.8 Å². The van der Waals surface area contributed by atoms with Crippen molar-refractivity contribution in [3.8, 4) is 0 Å². The van der Waals surface area contributed by atoms with Crippen molar-refractivity contribution in [2.24, 2.45) is 5.73 Å². The third-order valence-corrected chi connectivity index (χ3v) is 6.60. The number of nitrogens with zero attached hydrogens (tertiary/aromatic N) is 3. The van der Waals surface area contributed by atoms with E-state index in [0.717, 1.165) is 39.0 Å². The average Bonchev–Trinajstić information content (AvgIpc) is 3.41. The highest BCUT2D eigenvalue weighted by molar-refractivity contribution is 5.79. The molecule has 140 valence electrons. The maximum absolute atomic E-state index is 15.2. The molecule has 0 radical (unpaired) electrons. The van der Waals surface area contributed by atoms with Crippen LogP contribution < -0.4 is 5.73 Å². The van der Waals surface area contributed by atoms with E-state index in [1.807, 2.05) is 6.21 Å². The molecule has 3 N–H and O–H groups in total. The van der Waals surface area contributed by atoms with Gasteiger partial charge in [0.2, 0.25) is 6.04 Å². The summed E-state index contributed by atoms with van der Waals surface area (Å²) >= 11 is 0. The van der Waals surface area contributed by atoms with Crippen molar-refractivity contribution in [2.45, 2.75) is 36.6 Å². The van der Waals surface area contributed by atoms with Crippen LogP contribution >= 0.6 is 0 Å². The van der Waals surface area contributed by atoms with Crippen LogP contribution in [0.15, 0.2) is 34.9 Å². The van der Waals surface area contributed by atoms with Crippen molar-refractivity contribution in [1.29, 1.82) is 0 Å². The number of morpholine rings is 1. The van der Waals surface area contributed by atoms with Crippen LogP contribution in [0.4, 0.5) is 4.39 Å². The van der Waals surface area contributed by atoms with E-state index in [-0.39, 0.29) is 23.5 Å². The molecule has 2 aliphatic carbocycles. The predicted molar refractivity (Wildman–Crippen MR) is 95.4 cm³/mol. The lowest BCUT2D eigenvalue weighted by molar-refractivity contribution is -0.635. The Morgan fingerprint density at radius 3 is 2.73 bits per heavy atom. The Morgan fingerprint density at radius 1 is 1.35 bits per heavy atom. The van der Waals surface area contributed by atoms with Gasteiger partial charge in [-0.1, -0.05) is 0 Å². The Kier molecular flexibility index (Phi) is 3.58. The normalized spacial score (nSPS) is 37.6. The fraction of sp³-hybridized carbons (Fsp3) is 0.632. The van der Waals surface area contributed by atoms with Gasteiger partial charge < -0.3 is 25.4 Å². The molecule has 5 aliphatic rings.